The van der Waals surface area contributed by atoms with E-state index in [1.54, 1.807) is 11.9 Å². The van der Waals surface area contributed by atoms with Gasteiger partial charge in [0.05, 0.1) is 19.8 Å². The van der Waals surface area contributed by atoms with E-state index in [4.69, 9.17) is 9.47 Å². The van der Waals surface area contributed by atoms with E-state index in [-0.39, 0.29) is 6.09 Å². The normalized spacial score (nSPS) is 15.0. The average molecular weight is 278 g/mol. The van der Waals surface area contributed by atoms with Crippen molar-refractivity contribution in [2.45, 2.75) is 13.5 Å². The molecule has 1 aromatic rings. The molecule has 0 unspecified atom stereocenters. The van der Waals surface area contributed by atoms with Crippen LogP contribution in [0.4, 0.5) is 10.5 Å². The molecule has 1 saturated heterocycles. The van der Waals surface area contributed by atoms with Gasteiger partial charge >= 0.3 is 6.09 Å². The molecule has 0 spiro atoms. The maximum Gasteiger partial charge on any atom is 0.409 e. The summed E-state index contributed by atoms with van der Waals surface area (Å²) in [5, 5.41) is 0. The molecule has 0 aromatic heterocycles. The Labute approximate surface area is 120 Å². The van der Waals surface area contributed by atoms with Crippen molar-refractivity contribution in [3.05, 3.63) is 29.8 Å². The van der Waals surface area contributed by atoms with Crippen LogP contribution in [0, 0.1) is 0 Å². The van der Waals surface area contributed by atoms with Gasteiger partial charge in [0.1, 0.15) is 0 Å². The van der Waals surface area contributed by atoms with E-state index in [1.165, 1.54) is 5.69 Å². The smallest absolute Gasteiger partial charge is 0.409 e. The molecule has 0 saturated carbocycles. The summed E-state index contributed by atoms with van der Waals surface area (Å²) >= 11 is 0. The minimum atomic E-state index is -0.287. The van der Waals surface area contributed by atoms with Crippen LogP contribution < -0.4 is 4.90 Å². The number of morpholine rings is 1. The highest BCUT2D eigenvalue weighted by molar-refractivity contribution is 5.67. The Bertz CT molecular complexity index is 427. The number of hydrogen-bond acceptors (Lipinski definition) is 4. The van der Waals surface area contributed by atoms with E-state index in [0.717, 1.165) is 31.9 Å². The van der Waals surface area contributed by atoms with Crippen LogP contribution in [-0.2, 0) is 16.0 Å². The highest BCUT2D eigenvalue weighted by Gasteiger charge is 2.12. The van der Waals surface area contributed by atoms with Crippen molar-refractivity contribution >= 4 is 11.8 Å². The Morgan fingerprint density at radius 3 is 2.55 bits per heavy atom. The average Bonchev–Trinajstić information content (AvgIpc) is 2.49. The van der Waals surface area contributed by atoms with E-state index in [1.807, 2.05) is 6.92 Å². The van der Waals surface area contributed by atoms with Crippen molar-refractivity contribution in [3.8, 4) is 0 Å². The number of amides is 1. The van der Waals surface area contributed by atoms with Gasteiger partial charge in [0.2, 0.25) is 0 Å². The fourth-order valence-corrected chi connectivity index (χ4v) is 2.21. The topological polar surface area (TPSA) is 42.0 Å². The largest absolute Gasteiger partial charge is 0.450 e. The minimum absolute atomic E-state index is 0.287. The predicted octanol–water partition coefficient (Wildman–Crippen LogP) is 2.11. The van der Waals surface area contributed by atoms with Gasteiger partial charge in [-0.2, -0.15) is 0 Å². The molecule has 2 rings (SSSR count). The number of benzene rings is 1. The molecule has 1 aliphatic rings. The Morgan fingerprint density at radius 1 is 1.30 bits per heavy atom. The molecule has 1 fully saturated rings. The van der Waals surface area contributed by atoms with Crippen molar-refractivity contribution in [1.82, 2.24) is 4.90 Å². The summed E-state index contributed by atoms with van der Waals surface area (Å²) in [5.41, 5.74) is 2.30. The third-order valence-electron chi connectivity index (χ3n) is 3.31. The number of ether oxygens (including phenoxy) is 2. The standard InChI is InChI=1S/C15H22N2O3/c1-3-20-15(18)16(2)12-13-4-6-14(7-5-13)17-8-10-19-11-9-17/h4-7H,3,8-12H2,1-2H3. The predicted molar refractivity (Wildman–Crippen MR) is 78.0 cm³/mol. The summed E-state index contributed by atoms with van der Waals surface area (Å²) in [7, 11) is 1.74. The van der Waals surface area contributed by atoms with Crippen LogP contribution >= 0.6 is 0 Å². The zero-order valence-electron chi connectivity index (χ0n) is 12.2. The molecule has 0 N–H and O–H groups in total. The molecule has 5 heteroatoms. The van der Waals surface area contributed by atoms with Crippen LogP contribution in [0.25, 0.3) is 0 Å². The number of hydrogen-bond donors (Lipinski definition) is 0. The SMILES string of the molecule is CCOC(=O)N(C)Cc1ccc(N2CCOCC2)cc1. The highest BCUT2D eigenvalue weighted by Crippen LogP contribution is 2.17. The lowest BCUT2D eigenvalue weighted by Crippen LogP contribution is -2.36. The molecular weight excluding hydrogens is 256 g/mol. The van der Waals surface area contributed by atoms with Gasteiger partial charge < -0.3 is 19.3 Å². The number of carbonyl (C=O) groups is 1. The van der Waals surface area contributed by atoms with Gasteiger partial charge in [0.15, 0.2) is 0 Å². The molecule has 1 amide bonds. The van der Waals surface area contributed by atoms with E-state index >= 15 is 0 Å². The summed E-state index contributed by atoms with van der Waals surface area (Å²) in [5.74, 6) is 0. The first kappa shape index (κ1) is 14.7. The van der Waals surface area contributed by atoms with Gasteiger partial charge in [-0.25, -0.2) is 4.79 Å². The van der Waals surface area contributed by atoms with Crippen LogP contribution in [0.1, 0.15) is 12.5 Å². The summed E-state index contributed by atoms with van der Waals surface area (Å²) in [6.45, 7) is 6.20. The molecule has 0 bridgehead atoms. The Kier molecular flexibility index (Phi) is 5.24. The van der Waals surface area contributed by atoms with Crippen LogP contribution in [0.15, 0.2) is 24.3 Å². The van der Waals surface area contributed by atoms with Crippen molar-refractivity contribution in [3.63, 3.8) is 0 Å². The second kappa shape index (κ2) is 7.14. The van der Waals surface area contributed by atoms with E-state index in [0.29, 0.717) is 13.2 Å². The molecular formula is C15H22N2O3. The first-order valence-electron chi connectivity index (χ1n) is 7.00. The number of anilines is 1. The maximum absolute atomic E-state index is 11.5. The van der Waals surface area contributed by atoms with E-state index < -0.39 is 0 Å². The molecule has 0 atom stereocenters. The number of rotatable bonds is 4. The molecule has 20 heavy (non-hydrogen) atoms. The van der Waals surface area contributed by atoms with Crippen molar-refractivity contribution in [1.29, 1.82) is 0 Å². The molecule has 1 heterocycles. The van der Waals surface area contributed by atoms with E-state index in [9.17, 15) is 4.79 Å². The monoisotopic (exact) mass is 278 g/mol. The van der Waals surface area contributed by atoms with Gasteiger partial charge in [-0.15, -0.1) is 0 Å². The summed E-state index contributed by atoms with van der Waals surface area (Å²) < 4.78 is 10.3. The maximum atomic E-state index is 11.5. The van der Waals surface area contributed by atoms with Crippen LogP contribution in [0.2, 0.25) is 0 Å². The van der Waals surface area contributed by atoms with Crippen molar-refractivity contribution < 1.29 is 14.3 Å². The molecule has 5 nitrogen and oxygen atoms in total. The first-order chi connectivity index (χ1) is 9.70. The van der Waals surface area contributed by atoms with Gasteiger partial charge in [-0.05, 0) is 24.6 Å². The molecule has 1 aromatic carbocycles. The van der Waals surface area contributed by atoms with Crippen molar-refractivity contribution in [2.24, 2.45) is 0 Å². The highest BCUT2D eigenvalue weighted by atomic mass is 16.6. The number of nitrogens with zero attached hydrogens (tertiary/aromatic N) is 2. The minimum Gasteiger partial charge on any atom is -0.450 e. The van der Waals surface area contributed by atoms with Gasteiger partial charge in [-0.3, -0.25) is 0 Å². The van der Waals surface area contributed by atoms with E-state index in [2.05, 4.69) is 29.2 Å². The van der Waals surface area contributed by atoms with Crippen LogP contribution in [-0.4, -0.2) is 51.0 Å². The first-order valence-corrected chi connectivity index (χ1v) is 7.00. The second-order valence-corrected chi connectivity index (χ2v) is 4.82. The fourth-order valence-electron chi connectivity index (χ4n) is 2.21. The van der Waals surface area contributed by atoms with Gasteiger partial charge in [0, 0.05) is 32.4 Å². The Morgan fingerprint density at radius 2 is 1.95 bits per heavy atom. The molecule has 0 aliphatic carbocycles. The lowest BCUT2D eigenvalue weighted by molar-refractivity contribution is 0.114. The van der Waals surface area contributed by atoms with Gasteiger partial charge in [0.25, 0.3) is 0 Å². The Hall–Kier alpha value is -1.75. The molecule has 0 radical (unpaired) electrons. The lowest BCUT2D eigenvalue weighted by Gasteiger charge is -2.29. The van der Waals surface area contributed by atoms with Crippen LogP contribution in [0.3, 0.4) is 0 Å². The van der Waals surface area contributed by atoms with Gasteiger partial charge in [-0.1, -0.05) is 12.1 Å². The summed E-state index contributed by atoms with van der Waals surface area (Å²) in [6, 6.07) is 8.31. The fraction of sp³-hybridized carbons (Fsp3) is 0.533. The van der Waals surface area contributed by atoms with Crippen molar-refractivity contribution in [2.75, 3.05) is 44.9 Å². The van der Waals surface area contributed by atoms with Crippen LogP contribution in [0.5, 0.6) is 0 Å². The summed E-state index contributed by atoms with van der Waals surface area (Å²) in [4.78, 5) is 15.4. The second-order valence-electron chi connectivity index (χ2n) is 4.82. The molecule has 110 valence electrons. The number of carbonyl (C=O) groups excluding carboxylic acids is 1. The lowest BCUT2D eigenvalue weighted by atomic mass is 10.2. The quantitative estimate of drug-likeness (QED) is 0.846. The molecule has 1 aliphatic heterocycles. The Balaban J connectivity index is 1.92. The zero-order valence-corrected chi connectivity index (χ0v) is 12.2. The summed E-state index contributed by atoms with van der Waals surface area (Å²) in [6.07, 6.45) is -0.287. The third kappa shape index (κ3) is 3.87. The third-order valence-corrected chi connectivity index (χ3v) is 3.31. The zero-order chi connectivity index (χ0) is 14.4.